The Morgan fingerprint density at radius 1 is 0.952 bits per heavy atom. The van der Waals surface area contributed by atoms with Crippen molar-refractivity contribution < 1.29 is 29.7 Å². The maximum atomic E-state index is 11.1. The molecule has 2 aromatic carbocycles. The first-order valence-electron chi connectivity index (χ1n) is 5.80. The highest BCUT2D eigenvalue weighted by atomic mass is 16.5. The normalized spacial score (nSPS) is 9.95. The summed E-state index contributed by atoms with van der Waals surface area (Å²) in [5, 5.41) is 27.0. The highest BCUT2D eigenvalue weighted by molar-refractivity contribution is 5.91. The van der Waals surface area contributed by atoms with E-state index in [1.54, 1.807) is 12.1 Å². The van der Waals surface area contributed by atoms with Crippen LogP contribution in [-0.2, 0) is 0 Å². The lowest BCUT2D eigenvalue weighted by molar-refractivity contribution is 0.0685. The van der Waals surface area contributed by atoms with E-state index in [0.29, 0.717) is 0 Å². The third-order valence-corrected chi connectivity index (χ3v) is 2.68. The Morgan fingerprint density at radius 3 is 2.29 bits per heavy atom. The van der Waals surface area contributed by atoms with E-state index in [9.17, 15) is 9.59 Å². The van der Waals surface area contributed by atoms with Gasteiger partial charge in [-0.2, -0.15) is 0 Å². The molecule has 0 fully saturated rings. The van der Waals surface area contributed by atoms with Gasteiger partial charge in [-0.25, -0.2) is 9.59 Å². The Kier molecular flexibility index (Phi) is 4.05. The molecule has 0 aliphatic heterocycles. The molecule has 4 N–H and O–H groups in total. The van der Waals surface area contributed by atoms with Gasteiger partial charge >= 0.3 is 11.9 Å². The van der Waals surface area contributed by atoms with Gasteiger partial charge in [0.05, 0.1) is 5.56 Å². The second-order valence-electron chi connectivity index (χ2n) is 4.03. The number of rotatable bonds is 5. The van der Waals surface area contributed by atoms with Crippen molar-refractivity contribution in [2.24, 2.45) is 0 Å². The van der Waals surface area contributed by atoms with E-state index in [0.717, 1.165) is 0 Å². The maximum Gasteiger partial charge on any atom is 0.339 e. The quantitative estimate of drug-likeness (QED) is 0.625. The van der Waals surface area contributed by atoms with E-state index in [2.05, 4.69) is 0 Å². The smallest absolute Gasteiger partial charge is 0.339 e. The molecule has 0 unspecified atom stereocenters. The standard InChI is InChI=1S/C14H11NO6/c16-13(17)8-5-6-12(10(7-8)15-20)21-11-4-2-1-3-9(11)14(18)19/h1-7,15,20H,(H,16,17)(H,18,19). The molecule has 7 heteroatoms. The number of aromatic carboxylic acids is 2. The van der Waals surface area contributed by atoms with Crippen molar-refractivity contribution in [3.63, 3.8) is 0 Å². The minimum absolute atomic E-state index is 0.00934. The van der Waals surface area contributed by atoms with Gasteiger partial charge in [-0.15, -0.1) is 0 Å². The van der Waals surface area contributed by atoms with E-state index in [-0.39, 0.29) is 28.3 Å². The minimum Gasteiger partial charge on any atom is -0.478 e. The molecule has 0 bridgehead atoms. The average Bonchev–Trinajstić information content (AvgIpc) is 2.47. The fourth-order valence-electron chi connectivity index (χ4n) is 1.69. The molecular weight excluding hydrogens is 278 g/mol. The highest BCUT2D eigenvalue weighted by Gasteiger charge is 2.14. The second-order valence-corrected chi connectivity index (χ2v) is 4.03. The zero-order valence-corrected chi connectivity index (χ0v) is 10.6. The van der Waals surface area contributed by atoms with Crippen molar-refractivity contribution in [1.82, 2.24) is 0 Å². The van der Waals surface area contributed by atoms with Crippen LogP contribution in [-0.4, -0.2) is 27.4 Å². The topological polar surface area (TPSA) is 116 Å². The number of hydrogen-bond donors (Lipinski definition) is 4. The van der Waals surface area contributed by atoms with Gasteiger partial charge in [0.1, 0.15) is 17.0 Å². The van der Waals surface area contributed by atoms with Gasteiger partial charge in [-0.1, -0.05) is 12.1 Å². The molecule has 0 heterocycles. The predicted molar refractivity (Wildman–Crippen MR) is 72.3 cm³/mol. The van der Waals surface area contributed by atoms with Crippen LogP contribution in [0.5, 0.6) is 11.5 Å². The minimum atomic E-state index is -1.16. The Hall–Kier alpha value is -3.06. The van der Waals surface area contributed by atoms with E-state index in [4.69, 9.17) is 20.2 Å². The fourth-order valence-corrected chi connectivity index (χ4v) is 1.69. The molecule has 21 heavy (non-hydrogen) atoms. The first-order chi connectivity index (χ1) is 10.0. The molecule has 0 saturated carbocycles. The molecular formula is C14H11NO6. The lowest BCUT2D eigenvalue weighted by Gasteiger charge is -2.12. The Labute approximate surface area is 119 Å². The lowest BCUT2D eigenvalue weighted by atomic mass is 10.1. The summed E-state index contributed by atoms with van der Waals surface area (Å²) >= 11 is 0. The predicted octanol–water partition coefficient (Wildman–Crippen LogP) is 2.68. The third-order valence-electron chi connectivity index (χ3n) is 2.68. The summed E-state index contributed by atoms with van der Waals surface area (Å²) in [6.45, 7) is 0. The zero-order chi connectivity index (χ0) is 15.4. The summed E-state index contributed by atoms with van der Waals surface area (Å²) in [7, 11) is 0. The van der Waals surface area contributed by atoms with Gasteiger partial charge < -0.3 is 14.9 Å². The number of carboxylic acids is 2. The van der Waals surface area contributed by atoms with E-state index < -0.39 is 11.9 Å². The van der Waals surface area contributed by atoms with E-state index >= 15 is 0 Å². The number of anilines is 1. The molecule has 108 valence electrons. The lowest BCUT2D eigenvalue weighted by Crippen LogP contribution is -2.03. The van der Waals surface area contributed by atoms with Gasteiger partial charge in [0.2, 0.25) is 0 Å². The van der Waals surface area contributed by atoms with E-state index in [1.165, 1.54) is 30.3 Å². The van der Waals surface area contributed by atoms with Crippen LogP contribution in [0.3, 0.4) is 0 Å². The summed E-state index contributed by atoms with van der Waals surface area (Å²) in [4.78, 5) is 21.9. The summed E-state index contributed by atoms with van der Waals surface area (Å²) in [5.74, 6) is -2.16. The van der Waals surface area contributed by atoms with Crippen LogP contribution in [0.4, 0.5) is 5.69 Å². The molecule has 0 saturated heterocycles. The van der Waals surface area contributed by atoms with Gasteiger partial charge in [0.25, 0.3) is 0 Å². The molecule has 2 rings (SSSR count). The molecule has 0 amide bonds. The second kappa shape index (κ2) is 5.93. The number of carbonyl (C=O) groups is 2. The monoisotopic (exact) mass is 289 g/mol. The molecule has 0 spiro atoms. The van der Waals surface area contributed by atoms with Gasteiger partial charge in [0.15, 0.2) is 5.75 Å². The van der Waals surface area contributed by atoms with Gasteiger partial charge in [0, 0.05) is 0 Å². The number of para-hydroxylation sites is 1. The summed E-state index contributed by atoms with van der Waals surface area (Å²) in [6.07, 6.45) is 0. The Bertz CT molecular complexity index is 698. The number of nitrogens with one attached hydrogen (secondary N) is 1. The number of benzene rings is 2. The van der Waals surface area contributed by atoms with Crippen molar-refractivity contribution in [2.45, 2.75) is 0 Å². The Morgan fingerprint density at radius 2 is 1.67 bits per heavy atom. The zero-order valence-electron chi connectivity index (χ0n) is 10.6. The largest absolute Gasteiger partial charge is 0.478 e. The molecule has 0 aromatic heterocycles. The van der Waals surface area contributed by atoms with Crippen molar-refractivity contribution in [3.8, 4) is 11.5 Å². The number of carboxylic acid groups (broad SMARTS) is 2. The van der Waals surface area contributed by atoms with E-state index in [1.807, 2.05) is 5.48 Å². The van der Waals surface area contributed by atoms with Crippen molar-refractivity contribution in [1.29, 1.82) is 0 Å². The molecule has 0 aliphatic carbocycles. The summed E-state index contributed by atoms with van der Waals surface area (Å²) < 4.78 is 5.43. The average molecular weight is 289 g/mol. The SMILES string of the molecule is O=C(O)c1ccc(Oc2ccccc2C(=O)O)c(NO)c1. The van der Waals surface area contributed by atoms with Crippen LogP contribution in [0.25, 0.3) is 0 Å². The van der Waals surface area contributed by atoms with Crippen molar-refractivity contribution >= 4 is 17.6 Å². The van der Waals surface area contributed by atoms with Crippen LogP contribution in [0.15, 0.2) is 42.5 Å². The molecule has 0 atom stereocenters. The Balaban J connectivity index is 2.40. The van der Waals surface area contributed by atoms with Crippen LogP contribution in [0, 0.1) is 0 Å². The molecule has 7 nitrogen and oxygen atoms in total. The van der Waals surface area contributed by atoms with Crippen LogP contribution in [0.2, 0.25) is 0 Å². The van der Waals surface area contributed by atoms with Gasteiger partial charge in [-0.05, 0) is 30.3 Å². The fraction of sp³-hybridized carbons (Fsp3) is 0. The first-order valence-corrected chi connectivity index (χ1v) is 5.80. The molecule has 2 aromatic rings. The van der Waals surface area contributed by atoms with Crippen LogP contribution in [0.1, 0.15) is 20.7 Å². The summed E-state index contributed by atoms with van der Waals surface area (Å²) in [6, 6.07) is 9.74. The first kappa shape index (κ1) is 14.4. The number of ether oxygens (including phenoxy) is 1. The molecule has 0 aliphatic rings. The van der Waals surface area contributed by atoms with Crippen molar-refractivity contribution in [2.75, 3.05) is 5.48 Å². The highest BCUT2D eigenvalue weighted by Crippen LogP contribution is 2.32. The maximum absolute atomic E-state index is 11.1. The van der Waals surface area contributed by atoms with Crippen LogP contribution >= 0.6 is 0 Å². The number of hydrogen-bond acceptors (Lipinski definition) is 5. The summed E-state index contributed by atoms with van der Waals surface area (Å²) in [5.41, 5.74) is 1.73. The van der Waals surface area contributed by atoms with Crippen molar-refractivity contribution in [3.05, 3.63) is 53.6 Å². The third kappa shape index (κ3) is 3.10. The molecule has 0 radical (unpaired) electrons. The van der Waals surface area contributed by atoms with Gasteiger partial charge in [-0.3, -0.25) is 10.7 Å². The van der Waals surface area contributed by atoms with Crippen LogP contribution < -0.4 is 10.2 Å².